The van der Waals surface area contributed by atoms with Crippen LogP contribution in [0.5, 0.6) is 0 Å². The van der Waals surface area contributed by atoms with E-state index in [2.05, 4.69) is 46.0 Å². The van der Waals surface area contributed by atoms with Crippen molar-refractivity contribution in [1.82, 2.24) is 14.8 Å². The predicted octanol–water partition coefficient (Wildman–Crippen LogP) is 6.08. The van der Waals surface area contributed by atoms with Gasteiger partial charge in [-0.3, -0.25) is 9.69 Å². The summed E-state index contributed by atoms with van der Waals surface area (Å²) in [5.74, 6) is -0.816. The number of amides is 1. The number of likely N-dealkylation sites (tertiary alicyclic amines) is 2. The topological polar surface area (TPSA) is 97.7 Å². The fourth-order valence-corrected chi connectivity index (χ4v) is 6.55. The summed E-state index contributed by atoms with van der Waals surface area (Å²) in [7, 11) is 0. The lowest BCUT2D eigenvalue weighted by Gasteiger charge is -2.36. The van der Waals surface area contributed by atoms with Crippen LogP contribution < -0.4 is 11.5 Å². The van der Waals surface area contributed by atoms with Gasteiger partial charge in [0.05, 0.1) is 18.3 Å². The van der Waals surface area contributed by atoms with Crippen LogP contribution in [-0.4, -0.2) is 59.0 Å². The van der Waals surface area contributed by atoms with Gasteiger partial charge in [-0.15, -0.1) is 0 Å². The molecule has 230 valence electrons. The summed E-state index contributed by atoms with van der Waals surface area (Å²) in [6.45, 7) is 8.01. The first-order chi connectivity index (χ1) is 20.9. The third kappa shape index (κ3) is 8.62. The van der Waals surface area contributed by atoms with Crippen LogP contribution in [-0.2, 0) is 17.9 Å². The summed E-state index contributed by atoms with van der Waals surface area (Å²) < 4.78 is 20.6. The molecule has 0 bridgehead atoms. The Hall–Kier alpha value is -3.33. The number of carbonyl (C=O) groups is 1. The van der Waals surface area contributed by atoms with Crippen LogP contribution >= 0.6 is 0 Å². The first kappa shape index (κ1) is 31.1. The van der Waals surface area contributed by atoms with E-state index in [1.54, 1.807) is 6.07 Å². The number of nitrogens with zero attached hydrogens (tertiary/aromatic N) is 3. The van der Waals surface area contributed by atoms with E-state index in [4.69, 9.17) is 16.2 Å². The van der Waals surface area contributed by atoms with E-state index >= 15 is 0 Å². The van der Waals surface area contributed by atoms with Gasteiger partial charge in [0.1, 0.15) is 11.6 Å². The first-order valence-electron chi connectivity index (χ1n) is 15.8. The number of nitrogens with two attached hydrogens (primary N) is 2. The molecule has 1 aromatic heterocycles. The summed E-state index contributed by atoms with van der Waals surface area (Å²) in [5.41, 5.74) is 15.7. The van der Waals surface area contributed by atoms with Gasteiger partial charge in [-0.2, -0.15) is 0 Å². The molecule has 0 atom stereocenters. The number of halogens is 1. The maximum Gasteiger partial charge on any atom is 0.252 e. The van der Waals surface area contributed by atoms with Crippen molar-refractivity contribution < 1.29 is 13.9 Å². The number of hydrogen-bond donors (Lipinski definition) is 2. The molecule has 6 rings (SSSR count). The second-order valence-electron chi connectivity index (χ2n) is 12.3. The number of pyridine rings is 1. The van der Waals surface area contributed by atoms with Crippen molar-refractivity contribution in [2.24, 2.45) is 5.73 Å². The van der Waals surface area contributed by atoms with Gasteiger partial charge in [-0.05, 0) is 94.9 Å². The van der Waals surface area contributed by atoms with E-state index < -0.39 is 5.91 Å². The molecule has 1 saturated carbocycles. The zero-order chi connectivity index (χ0) is 30.2. The summed E-state index contributed by atoms with van der Waals surface area (Å²) >= 11 is 0. The van der Waals surface area contributed by atoms with E-state index in [0.717, 1.165) is 32.5 Å². The number of ether oxygens (including phenoxy) is 1. The number of aryl methyl sites for hydroxylation is 1. The third-order valence-electron chi connectivity index (χ3n) is 9.05. The minimum absolute atomic E-state index is 0.0793. The molecule has 7 nitrogen and oxygen atoms in total. The minimum Gasteiger partial charge on any atom is -0.383 e. The zero-order valence-corrected chi connectivity index (χ0v) is 25.4. The van der Waals surface area contributed by atoms with Gasteiger partial charge in [-0.25, -0.2) is 9.37 Å². The van der Waals surface area contributed by atoms with Crippen molar-refractivity contribution in [2.75, 3.05) is 31.9 Å². The molecule has 3 aromatic rings. The molecule has 2 aliphatic heterocycles. The maximum absolute atomic E-state index is 14.8. The smallest absolute Gasteiger partial charge is 0.252 e. The van der Waals surface area contributed by atoms with Crippen LogP contribution in [0.4, 0.5) is 10.2 Å². The largest absolute Gasteiger partial charge is 0.383 e. The van der Waals surface area contributed by atoms with Gasteiger partial charge in [0.15, 0.2) is 0 Å². The van der Waals surface area contributed by atoms with Crippen LogP contribution in [0, 0.1) is 12.7 Å². The number of carbonyl (C=O) groups excluding carboxylic acids is 1. The van der Waals surface area contributed by atoms with Crippen LogP contribution in [0.15, 0.2) is 54.7 Å². The molecule has 4 N–H and O–H groups in total. The Balaban J connectivity index is 0.000000220. The molecular weight excluding hydrogens is 541 g/mol. The van der Waals surface area contributed by atoms with Gasteiger partial charge in [0.2, 0.25) is 0 Å². The fraction of sp³-hybridized carbons (Fsp3) is 0.486. The van der Waals surface area contributed by atoms with E-state index in [0.29, 0.717) is 35.4 Å². The third-order valence-corrected chi connectivity index (χ3v) is 9.05. The number of piperidine rings is 1. The number of nitrogen functional groups attached to an aromatic ring is 1. The molecule has 2 aromatic carbocycles. The van der Waals surface area contributed by atoms with Crippen LogP contribution in [0.25, 0.3) is 11.1 Å². The molecule has 3 heterocycles. The Bertz CT molecular complexity index is 1360. The number of primary amides is 1. The van der Waals surface area contributed by atoms with E-state index in [1.807, 2.05) is 12.1 Å². The second-order valence-corrected chi connectivity index (χ2v) is 12.3. The molecule has 0 unspecified atom stereocenters. The number of rotatable bonds is 8. The Morgan fingerprint density at radius 3 is 2.37 bits per heavy atom. The number of hydrogen-bond acceptors (Lipinski definition) is 6. The Labute approximate surface area is 255 Å². The molecular formula is C35H46FN5O2. The summed E-state index contributed by atoms with van der Waals surface area (Å²) in [4.78, 5) is 20.4. The Morgan fingerprint density at radius 1 is 0.953 bits per heavy atom. The lowest BCUT2D eigenvalue weighted by molar-refractivity contribution is 0.0457. The van der Waals surface area contributed by atoms with Crippen LogP contribution in [0.1, 0.15) is 78.4 Å². The fourth-order valence-electron chi connectivity index (χ4n) is 6.55. The maximum atomic E-state index is 14.8. The highest BCUT2D eigenvalue weighted by atomic mass is 19.1. The monoisotopic (exact) mass is 587 g/mol. The number of aromatic nitrogens is 1. The van der Waals surface area contributed by atoms with Crippen molar-refractivity contribution in [3.63, 3.8) is 0 Å². The zero-order valence-electron chi connectivity index (χ0n) is 25.4. The normalized spacial score (nSPS) is 18.5. The summed E-state index contributed by atoms with van der Waals surface area (Å²) in [6, 6.07) is 16.0. The highest BCUT2D eigenvalue weighted by Crippen LogP contribution is 2.27. The molecule has 8 heteroatoms. The number of benzene rings is 2. The van der Waals surface area contributed by atoms with E-state index in [-0.39, 0.29) is 17.2 Å². The van der Waals surface area contributed by atoms with Gasteiger partial charge >= 0.3 is 0 Å². The summed E-state index contributed by atoms with van der Waals surface area (Å²) in [5, 5.41) is 0. The van der Waals surface area contributed by atoms with Gasteiger partial charge < -0.3 is 21.1 Å². The predicted molar refractivity (Wildman–Crippen MR) is 170 cm³/mol. The van der Waals surface area contributed by atoms with Crippen LogP contribution in [0.2, 0.25) is 0 Å². The highest BCUT2D eigenvalue weighted by Gasteiger charge is 2.26. The van der Waals surface area contributed by atoms with E-state index in [9.17, 15) is 9.18 Å². The molecule has 1 amide bonds. The molecule has 0 radical (unpaired) electrons. The van der Waals surface area contributed by atoms with Crippen LogP contribution in [0.3, 0.4) is 0 Å². The highest BCUT2D eigenvalue weighted by molar-refractivity contribution is 5.98. The lowest BCUT2D eigenvalue weighted by Crippen LogP contribution is -2.43. The Morgan fingerprint density at radius 2 is 1.70 bits per heavy atom. The standard InChI is InChI=1S/C22H28FN5O.C13H18O/c23-20-12-15(17-11-19(22(25)29)21(24)26-13-17)3-4-16(20)14-27-9-5-18(6-10-27)28-7-1-2-8-28;1-11-5-4-6-12(9-11)10-14-13-7-2-3-8-13/h3-4,11-13,18H,1-2,5-10,14H2,(H2,24,26)(H2,25,29);4-6,9,13H,2-3,7-8,10H2,1H3. The SMILES string of the molecule is Cc1cccc(COC2CCCC2)c1.NC(=O)c1cc(-c2ccc(CN3CCC(N4CCCC4)CC3)c(F)c2)cnc1N. The minimum atomic E-state index is -0.647. The second kappa shape index (κ2) is 14.9. The molecule has 0 spiro atoms. The lowest BCUT2D eigenvalue weighted by atomic mass is 10.0. The van der Waals surface area contributed by atoms with Gasteiger partial charge in [-0.1, -0.05) is 54.8 Å². The van der Waals surface area contributed by atoms with Crippen molar-refractivity contribution >= 4 is 11.7 Å². The van der Waals surface area contributed by atoms with Crippen molar-refractivity contribution in [3.05, 3.63) is 82.8 Å². The van der Waals surface area contributed by atoms with Gasteiger partial charge in [0.25, 0.3) is 5.91 Å². The average molecular weight is 588 g/mol. The molecule has 1 aliphatic carbocycles. The van der Waals surface area contributed by atoms with Crippen molar-refractivity contribution in [2.45, 2.75) is 83.6 Å². The quantitative estimate of drug-likeness (QED) is 0.331. The molecule has 3 aliphatic rings. The van der Waals surface area contributed by atoms with Gasteiger partial charge in [0, 0.05) is 29.9 Å². The molecule has 43 heavy (non-hydrogen) atoms. The van der Waals surface area contributed by atoms with Crippen molar-refractivity contribution in [3.8, 4) is 11.1 Å². The first-order valence-corrected chi connectivity index (χ1v) is 15.8. The molecule has 2 saturated heterocycles. The van der Waals surface area contributed by atoms with E-state index in [1.165, 1.54) is 75.0 Å². The molecule has 3 fully saturated rings. The summed E-state index contributed by atoms with van der Waals surface area (Å²) in [6.07, 6.45) is 12.2. The Kier molecular flexibility index (Phi) is 10.8. The average Bonchev–Trinajstić information content (AvgIpc) is 3.73. The van der Waals surface area contributed by atoms with Crippen molar-refractivity contribution in [1.29, 1.82) is 0 Å². The number of anilines is 1.